The van der Waals surface area contributed by atoms with E-state index in [1.165, 1.54) is 0 Å². The third kappa shape index (κ3) is 8.43. The second-order valence-corrected chi connectivity index (χ2v) is 10.7. The second-order valence-electron chi connectivity index (χ2n) is 10.7. The number of piperidine rings is 1. The third-order valence-corrected chi connectivity index (χ3v) is 6.42. The number of nitrogens with one attached hydrogen (secondary N) is 2. The number of hydrogen-bond donors (Lipinski definition) is 2. The van der Waals surface area contributed by atoms with E-state index < -0.39 is 6.04 Å². The minimum absolute atomic E-state index is 0.0448. The molecule has 0 aliphatic carbocycles. The van der Waals surface area contributed by atoms with Crippen LogP contribution in [-0.4, -0.2) is 71.3 Å². The Morgan fingerprint density at radius 1 is 0.939 bits per heavy atom. The maximum absolute atomic E-state index is 13.6. The van der Waals surface area contributed by atoms with Gasteiger partial charge in [-0.15, -0.1) is 0 Å². The van der Waals surface area contributed by atoms with Gasteiger partial charge in [-0.05, 0) is 65.8 Å². The lowest BCUT2D eigenvalue weighted by atomic mass is 9.95. The number of carbonyl (C=O) groups is 3. The Labute approximate surface area is 201 Å². The van der Waals surface area contributed by atoms with Crippen molar-refractivity contribution >= 4 is 17.7 Å². The van der Waals surface area contributed by atoms with Gasteiger partial charge in [-0.3, -0.25) is 19.3 Å². The summed E-state index contributed by atoms with van der Waals surface area (Å²) in [7, 11) is 1.76. The van der Waals surface area contributed by atoms with Crippen LogP contribution in [0.25, 0.3) is 0 Å². The molecule has 1 aliphatic rings. The van der Waals surface area contributed by atoms with Crippen molar-refractivity contribution in [3.63, 3.8) is 0 Å². The van der Waals surface area contributed by atoms with Crippen LogP contribution in [0.5, 0.6) is 0 Å². The van der Waals surface area contributed by atoms with E-state index in [0.29, 0.717) is 5.57 Å². The Kier molecular flexibility index (Phi) is 11.6. The normalized spacial score (nSPS) is 19.7. The maximum atomic E-state index is 13.6. The number of rotatable bonds is 10. The van der Waals surface area contributed by atoms with Crippen LogP contribution in [-0.2, 0) is 14.4 Å². The quantitative estimate of drug-likeness (QED) is 0.486. The molecule has 1 heterocycles. The van der Waals surface area contributed by atoms with Gasteiger partial charge in [0.2, 0.25) is 17.7 Å². The van der Waals surface area contributed by atoms with Crippen molar-refractivity contribution in [2.45, 2.75) is 112 Å². The molecular formula is C26H48N4O3. The fraction of sp³-hybridized carbons (Fsp3) is 0.808. The molecule has 2 N–H and O–H groups in total. The molecule has 1 fully saturated rings. The van der Waals surface area contributed by atoms with Gasteiger partial charge in [0.1, 0.15) is 6.04 Å². The minimum atomic E-state index is -0.613. The third-order valence-electron chi connectivity index (χ3n) is 6.42. The lowest BCUT2D eigenvalue weighted by molar-refractivity contribution is -0.140. The number of likely N-dealkylation sites (N-methyl/N-ethyl adjacent to an activating group) is 1. The molecule has 0 unspecified atom stereocenters. The van der Waals surface area contributed by atoms with Crippen LogP contribution >= 0.6 is 0 Å². The number of likely N-dealkylation sites (tertiary alicyclic amines) is 1. The van der Waals surface area contributed by atoms with Crippen molar-refractivity contribution in [1.82, 2.24) is 20.4 Å². The van der Waals surface area contributed by atoms with E-state index in [2.05, 4.69) is 29.4 Å². The molecule has 0 aromatic heterocycles. The fourth-order valence-corrected chi connectivity index (χ4v) is 4.44. The highest BCUT2D eigenvalue weighted by Crippen LogP contribution is 2.21. The van der Waals surface area contributed by atoms with E-state index in [1.54, 1.807) is 18.9 Å². The van der Waals surface area contributed by atoms with Crippen LogP contribution in [0.4, 0.5) is 0 Å². The Bertz CT molecular complexity index is 700. The van der Waals surface area contributed by atoms with Crippen molar-refractivity contribution in [3.8, 4) is 0 Å². The minimum Gasteiger partial charge on any atom is -0.350 e. The number of nitrogens with zero attached hydrogens (tertiary/aromatic N) is 2. The number of hydrogen-bond acceptors (Lipinski definition) is 4. The maximum Gasteiger partial charge on any atom is 0.246 e. The zero-order valence-corrected chi connectivity index (χ0v) is 22.6. The summed E-state index contributed by atoms with van der Waals surface area (Å²) in [5, 5.41) is 5.98. The van der Waals surface area contributed by atoms with E-state index in [-0.39, 0.29) is 53.7 Å². The van der Waals surface area contributed by atoms with Gasteiger partial charge in [-0.2, -0.15) is 0 Å². The van der Waals surface area contributed by atoms with E-state index in [4.69, 9.17) is 0 Å². The summed E-state index contributed by atoms with van der Waals surface area (Å²) < 4.78 is 0. The Hall–Kier alpha value is -1.89. The predicted molar refractivity (Wildman–Crippen MR) is 135 cm³/mol. The summed E-state index contributed by atoms with van der Waals surface area (Å²) in [6.45, 7) is 18.7. The molecule has 3 amide bonds. The fourth-order valence-electron chi connectivity index (χ4n) is 4.44. The van der Waals surface area contributed by atoms with E-state index in [1.807, 2.05) is 47.6 Å². The molecule has 0 aromatic rings. The highest BCUT2D eigenvalue weighted by molar-refractivity contribution is 5.93. The largest absolute Gasteiger partial charge is 0.350 e. The summed E-state index contributed by atoms with van der Waals surface area (Å²) in [5.74, 6) is -0.261. The summed E-state index contributed by atoms with van der Waals surface area (Å²) in [6, 6.07) is -0.732. The Morgan fingerprint density at radius 2 is 1.55 bits per heavy atom. The summed E-state index contributed by atoms with van der Waals surface area (Å²) in [5.41, 5.74) is 0.585. The van der Waals surface area contributed by atoms with Gasteiger partial charge < -0.3 is 15.5 Å². The zero-order chi connectivity index (χ0) is 25.5. The van der Waals surface area contributed by atoms with Crippen molar-refractivity contribution < 1.29 is 14.4 Å². The first kappa shape index (κ1) is 29.1. The van der Waals surface area contributed by atoms with Gasteiger partial charge in [0.15, 0.2) is 0 Å². The first-order valence-electron chi connectivity index (χ1n) is 12.6. The molecule has 3 atom stereocenters. The molecule has 1 saturated heterocycles. The first-order valence-corrected chi connectivity index (χ1v) is 12.6. The van der Waals surface area contributed by atoms with Crippen LogP contribution in [0.2, 0.25) is 0 Å². The van der Waals surface area contributed by atoms with Crippen molar-refractivity contribution in [2.24, 2.45) is 11.8 Å². The monoisotopic (exact) mass is 464 g/mol. The number of carbonyl (C=O) groups excluding carboxylic acids is 3. The average molecular weight is 465 g/mol. The zero-order valence-electron chi connectivity index (χ0n) is 22.6. The van der Waals surface area contributed by atoms with E-state index >= 15 is 0 Å². The molecule has 1 rings (SSSR count). The Balaban J connectivity index is 3.06. The van der Waals surface area contributed by atoms with E-state index in [9.17, 15) is 14.4 Å². The van der Waals surface area contributed by atoms with Gasteiger partial charge in [-0.25, -0.2) is 0 Å². The molecule has 1 aliphatic heterocycles. The van der Waals surface area contributed by atoms with Crippen LogP contribution in [0, 0.1) is 11.8 Å². The average Bonchev–Trinajstić information content (AvgIpc) is 2.73. The first-order chi connectivity index (χ1) is 15.3. The lowest BCUT2D eigenvalue weighted by Gasteiger charge is -2.39. The van der Waals surface area contributed by atoms with Gasteiger partial charge in [-0.1, -0.05) is 40.2 Å². The van der Waals surface area contributed by atoms with E-state index in [0.717, 1.165) is 25.8 Å². The van der Waals surface area contributed by atoms with Crippen LogP contribution in [0.3, 0.4) is 0 Å². The highest BCUT2D eigenvalue weighted by atomic mass is 16.2. The van der Waals surface area contributed by atoms with Gasteiger partial charge >= 0.3 is 0 Å². The van der Waals surface area contributed by atoms with Crippen molar-refractivity contribution in [3.05, 3.63) is 11.6 Å². The topological polar surface area (TPSA) is 81.8 Å². The van der Waals surface area contributed by atoms with Gasteiger partial charge in [0.25, 0.3) is 0 Å². The van der Waals surface area contributed by atoms with Crippen LogP contribution in [0.1, 0.15) is 81.6 Å². The van der Waals surface area contributed by atoms with Crippen LogP contribution < -0.4 is 10.6 Å². The summed E-state index contributed by atoms with van der Waals surface area (Å²) in [4.78, 5) is 43.1. The molecule has 190 valence electrons. The molecule has 0 bridgehead atoms. The smallest absolute Gasteiger partial charge is 0.246 e. The standard InChI is InChI=1S/C26H48N4O3/c1-16(2)22(15-20(9)24(31)27-18(5)6)29(10)26(33)23(17(3)4)28-25(32)21-13-11-12-14-30(21)19(7)8/h15-19,21-23H,11-14H2,1-10H3,(H,27,31)(H,28,32)/t21-,22-,23+/m1/s1. The van der Waals surface area contributed by atoms with Gasteiger partial charge in [0, 0.05) is 24.7 Å². The van der Waals surface area contributed by atoms with Crippen molar-refractivity contribution in [1.29, 1.82) is 0 Å². The number of amides is 3. The molecule has 0 aromatic carbocycles. The SMILES string of the molecule is CC(=C[C@H](C(C)C)N(C)C(=O)[C@@H](NC(=O)[C@H]1CCCCN1C(C)C)C(C)C)C(=O)NC(C)C. The lowest BCUT2D eigenvalue weighted by Crippen LogP contribution is -2.58. The van der Waals surface area contributed by atoms with Gasteiger partial charge in [0.05, 0.1) is 12.1 Å². The molecule has 7 nitrogen and oxygen atoms in total. The molecule has 33 heavy (non-hydrogen) atoms. The summed E-state index contributed by atoms with van der Waals surface area (Å²) >= 11 is 0. The molecule has 7 heteroatoms. The molecular weight excluding hydrogens is 416 g/mol. The van der Waals surface area contributed by atoms with Crippen molar-refractivity contribution in [2.75, 3.05) is 13.6 Å². The second kappa shape index (κ2) is 13.1. The Morgan fingerprint density at radius 3 is 2.03 bits per heavy atom. The predicted octanol–water partition coefficient (Wildman–Crippen LogP) is 3.34. The molecule has 0 spiro atoms. The molecule has 0 saturated carbocycles. The van der Waals surface area contributed by atoms with Crippen LogP contribution in [0.15, 0.2) is 11.6 Å². The highest BCUT2D eigenvalue weighted by Gasteiger charge is 2.35. The summed E-state index contributed by atoms with van der Waals surface area (Å²) in [6.07, 6.45) is 4.81. The molecule has 0 radical (unpaired) electrons.